The van der Waals surface area contributed by atoms with E-state index in [2.05, 4.69) is 5.16 Å². The van der Waals surface area contributed by atoms with Gasteiger partial charge in [0.25, 0.3) is 0 Å². The molecule has 3 rings (SSSR count). The van der Waals surface area contributed by atoms with Crippen molar-refractivity contribution in [2.45, 2.75) is 38.0 Å². The summed E-state index contributed by atoms with van der Waals surface area (Å²) >= 11 is 1.43. The first-order valence-corrected chi connectivity index (χ1v) is 9.28. The molecule has 1 saturated heterocycles. The lowest BCUT2D eigenvalue weighted by atomic mass is 10.2. The number of thiophene rings is 1. The molecular formula is C14H18N2O3S2. The maximum absolute atomic E-state index is 12.7. The molecule has 0 bridgehead atoms. The number of sulfonamides is 1. The molecule has 0 amide bonds. The van der Waals surface area contributed by atoms with Gasteiger partial charge in [0.2, 0.25) is 10.0 Å². The number of nitrogens with zero attached hydrogens (tertiary/aromatic N) is 2. The van der Waals surface area contributed by atoms with Crippen LogP contribution in [-0.2, 0) is 10.0 Å². The Morgan fingerprint density at radius 3 is 2.52 bits per heavy atom. The lowest BCUT2D eigenvalue weighted by Gasteiger charge is -2.25. The van der Waals surface area contributed by atoms with Crippen molar-refractivity contribution < 1.29 is 12.9 Å². The Labute approximate surface area is 128 Å². The first-order chi connectivity index (χ1) is 9.98. The molecule has 0 radical (unpaired) electrons. The molecule has 5 nitrogen and oxygen atoms in total. The largest absolute Gasteiger partial charge is 0.355 e. The van der Waals surface area contributed by atoms with Crippen LogP contribution in [0.5, 0.6) is 0 Å². The Hall–Kier alpha value is -1.18. The van der Waals surface area contributed by atoms with Gasteiger partial charge in [-0.3, -0.25) is 0 Å². The molecule has 0 aromatic carbocycles. The summed E-state index contributed by atoms with van der Waals surface area (Å²) in [4.78, 5) is 2.01. The van der Waals surface area contributed by atoms with Gasteiger partial charge in [-0.05, 0) is 32.8 Å². The van der Waals surface area contributed by atoms with Gasteiger partial charge in [-0.1, -0.05) is 11.6 Å². The molecule has 0 unspecified atom stereocenters. The summed E-state index contributed by atoms with van der Waals surface area (Å²) in [6, 6.07) is 3.53. The van der Waals surface area contributed by atoms with E-state index in [1.807, 2.05) is 19.9 Å². The Kier molecular flexibility index (Phi) is 3.90. The molecule has 21 heavy (non-hydrogen) atoms. The second kappa shape index (κ2) is 5.55. The van der Waals surface area contributed by atoms with Gasteiger partial charge in [0.15, 0.2) is 5.76 Å². The normalized spacial score (nSPS) is 17.2. The number of rotatable bonds is 3. The van der Waals surface area contributed by atoms with Crippen LogP contribution >= 0.6 is 11.3 Å². The molecule has 3 heterocycles. The first-order valence-electron chi connectivity index (χ1n) is 7.03. The lowest BCUT2D eigenvalue weighted by Crippen LogP contribution is -2.35. The molecular weight excluding hydrogens is 308 g/mol. The third kappa shape index (κ3) is 2.77. The van der Waals surface area contributed by atoms with Gasteiger partial charge in [0.1, 0.15) is 0 Å². The van der Waals surface area contributed by atoms with Crippen molar-refractivity contribution in [1.29, 1.82) is 0 Å². The van der Waals surface area contributed by atoms with E-state index in [0.717, 1.165) is 34.7 Å². The Morgan fingerprint density at radius 1 is 1.19 bits per heavy atom. The molecule has 7 heteroatoms. The summed E-state index contributed by atoms with van der Waals surface area (Å²) in [6.45, 7) is 4.93. The number of hydrogen-bond acceptors (Lipinski definition) is 5. The summed E-state index contributed by atoms with van der Waals surface area (Å²) in [6.07, 6.45) is 2.99. The highest BCUT2D eigenvalue weighted by Crippen LogP contribution is 2.35. The van der Waals surface area contributed by atoms with Crippen molar-refractivity contribution in [2.24, 2.45) is 0 Å². The van der Waals surface area contributed by atoms with Crippen LogP contribution in [0.2, 0.25) is 0 Å². The molecule has 0 spiro atoms. The maximum Gasteiger partial charge on any atom is 0.244 e. The number of aryl methyl sites for hydroxylation is 2. The number of piperidine rings is 1. The quantitative estimate of drug-likeness (QED) is 0.869. The lowest BCUT2D eigenvalue weighted by molar-refractivity contribution is 0.346. The van der Waals surface area contributed by atoms with Gasteiger partial charge in [0.05, 0.1) is 15.5 Å². The molecule has 0 N–H and O–H groups in total. The third-order valence-electron chi connectivity index (χ3n) is 3.68. The molecule has 0 saturated carbocycles. The molecule has 1 aliphatic heterocycles. The average Bonchev–Trinajstić information content (AvgIpc) is 3.06. The highest BCUT2D eigenvalue weighted by atomic mass is 32.2. The van der Waals surface area contributed by atoms with E-state index >= 15 is 0 Å². The molecule has 1 fully saturated rings. The topological polar surface area (TPSA) is 63.4 Å². The van der Waals surface area contributed by atoms with Gasteiger partial charge in [0, 0.05) is 24.0 Å². The summed E-state index contributed by atoms with van der Waals surface area (Å²) < 4.78 is 32.3. The second-order valence-corrected chi connectivity index (χ2v) is 8.49. The van der Waals surface area contributed by atoms with Crippen LogP contribution in [0.25, 0.3) is 10.6 Å². The zero-order valence-electron chi connectivity index (χ0n) is 12.1. The van der Waals surface area contributed by atoms with Gasteiger partial charge in [-0.25, -0.2) is 8.42 Å². The van der Waals surface area contributed by atoms with E-state index in [4.69, 9.17) is 4.52 Å². The van der Waals surface area contributed by atoms with Crippen molar-refractivity contribution in [3.05, 3.63) is 22.7 Å². The summed E-state index contributed by atoms with van der Waals surface area (Å²) in [5.41, 5.74) is 0.788. The Balaban J connectivity index is 1.97. The minimum absolute atomic E-state index is 0.401. The Morgan fingerprint density at radius 2 is 1.90 bits per heavy atom. The summed E-state index contributed by atoms with van der Waals surface area (Å²) in [7, 11) is -3.39. The standard InChI is InChI=1S/C14H18N2O3S2/c1-10-8-12(19-15-10)13-9-14(11(2)20-13)21(17,18)16-6-4-3-5-7-16/h8-9H,3-7H2,1-2H3. The van der Waals surface area contributed by atoms with Crippen LogP contribution in [0.15, 0.2) is 21.6 Å². The highest BCUT2D eigenvalue weighted by Gasteiger charge is 2.29. The fourth-order valence-electron chi connectivity index (χ4n) is 2.57. The van der Waals surface area contributed by atoms with Crippen molar-refractivity contribution in [1.82, 2.24) is 9.46 Å². The van der Waals surface area contributed by atoms with Crippen molar-refractivity contribution >= 4 is 21.4 Å². The molecule has 2 aromatic heterocycles. The smallest absolute Gasteiger partial charge is 0.244 e. The summed E-state index contributed by atoms with van der Waals surface area (Å²) in [5, 5.41) is 3.86. The highest BCUT2D eigenvalue weighted by molar-refractivity contribution is 7.89. The first kappa shape index (κ1) is 14.7. The van der Waals surface area contributed by atoms with Gasteiger partial charge >= 0.3 is 0 Å². The van der Waals surface area contributed by atoms with Crippen LogP contribution in [0, 0.1) is 13.8 Å². The van der Waals surface area contributed by atoms with Gasteiger partial charge < -0.3 is 4.52 Å². The zero-order valence-corrected chi connectivity index (χ0v) is 13.8. The van der Waals surface area contributed by atoms with E-state index in [1.54, 1.807) is 10.4 Å². The average molecular weight is 326 g/mol. The van der Waals surface area contributed by atoms with E-state index in [-0.39, 0.29) is 0 Å². The fraction of sp³-hybridized carbons (Fsp3) is 0.500. The molecule has 1 aliphatic rings. The van der Waals surface area contributed by atoms with E-state index in [0.29, 0.717) is 23.7 Å². The molecule has 2 aromatic rings. The minimum Gasteiger partial charge on any atom is -0.355 e. The van der Waals surface area contributed by atoms with Crippen LogP contribution in [-0.4, -0.2) is 31.0 Å². The molecule has 0 atom stereocenters. The van der Waals surface area contributed by atoms with Crippen LogP contribution < -0.4 is 0 Å². The van der Waals surface area contributed by atoms with E-state index < -0.39 is 10.0 Å². The van der Waals surface area contributed by atoms with E-state index in [9.17, 15) is 8.42 Å². The van der Waals surface area contributed by atoms with Crippen LogP contribution in [0.1, 0.15) is 29.8 Å². The van der Waals surface area contributed by atoms with E-state index in [1.165, 1.54) is 11.3 Å². The van der Waals surface area contributed by atoms with Crippen molar-refractivity contribution in [3.63, 3.8) is 0 Å². The third-order valence-corrected chi connectivity index (χ3v) is 6.89. The maximum atomic E-state index is 12.7. The van der Waals surface area contributed by atoms with Crippen molar-refractivity contribution in [2.75, 3.05) is 13.1 Å². The summed E-state index contributed by atoms with van der Waals surface area (Å²) in [5.74, 6) is 0.626. The monoisotopic (exact) mass is 326 g/mol. The van der Waals surface area contributed by atoms with Gasteiger partial charge in [-0.2, -0.15) is 4.31 Å². The predicted octanol–water partition coefficient (Wildman–Crippen LogP) is 3.19. The minimum atomic E-state index is -3.39. The fourth-order valence-corrected chi connectivity index (χ4v) is 5.59. The molecule has 114 valence electrons. The SMILES string of the molecule is Cc1cc(-c2cc(S(=O)(=O)N3CCCCC3)c(C)s2)on1. The zero-order chi connectivity index (χ0) is 15.0. The number of hydrogen-bond donors (Lipinski definition) is 0. The molecule has 0 aliphatic carbocycles. The Bertz CT molecular complexity index is 740. The van der Waals surface area contributed by atoms with Crippen molar-refractivity contribution in [3.8, 4) is 10.6 Å². The van der Waals surface area contributed by atoms with Gasteiger partial charge in [-0.15, -0.1) is 11.3 Å². The van der Waals surface area contributed by atoms with Crippen LogP contribution in [0.4, 0.5) is 0 Å². The predicted molar refractivity (Wildman–Crippen MR) is 81.9 cm³/mol. The second-order valence-electron chi connectivity index (χ2n) is 5.33. The number of aromatic nitrogens is 1. The van der Waals surface area contributed by atoms with Crippen LogP contribution in [0.3, 0.4) is 0 Å².